The summed E-state index contributed by atoms with van der Waals surface area (Å²) in [6.45, 7) is -0.504. The number of nitro groups is 1. The molecule has 0 aliphatic rings. The molecule has 0 atom stereocenters. The van der Waals surface area contributed by atoms with Gasteiger partial charge in [0.1, 0.15) is 12.0 Å². The first-order valence-electron chi connectivity index (χ1n) is 7.02. The molecule has 10 nitrogen and oxygen atoms in total. The van der Waals surface area contributed by atoms with E-state index in [0.717, 1.165) is 6.20 Å². The molecule has 0 bridgehead atoms. The lowest BCUT2D eigenvalue weighted by Crippen LogP contribution is -2.10. The van der Waals surface area contributed by atoms with E-state index in [-0.39, 0.29) is 11.4 Å². The molecule has 2 N–H and O–H groups in total. The van der Waals surface area contributed by atoms with E-state index in [1.807, 2.05) is 0 Å². The Balaban J connectivity index is 2.10. The van der Waals surface area contributed by atoms with E-state index in [1.54, 1.807) is 12.1 Å². The third-order valence-corrected chi connectivity index (χ3v) is 3.53. The third kappa shape index (κ3) is 5.14. The van der Waals surface area contributed by atoms with Crippen molar-refractivity contribution in [3.05, 3.63) is 50.6 Å². The number of carbonyl (C=O) groups is 1. The average Bonchev–Trinajstić information content (AvgIpc) is 2.60. The van der Waals surface area contributed by atoms with E-state index in [1.165, 1.54) is 25.5 Å². The van der Waals surface area contributed by atoms with E-state index in [4.69, 9.17) is 14.6 Å². The molecule has 136 valence electrons. The highest BCUT2D eigenvalue weighted by Crippen LogP contribution is 2.36. The van der Waals surface area contributed by atoms with Gasteiger partial charge < -0.3 is 14.6 Å². The molecule has 0 spiro atoms. The Morgan fingerprint density at radius 3 is 2.85 bits per heavy atom. The predicted molar refractivity (Wildman–Crippen MR) is 95.9 cm³/mol. The maximum absolute atomic E-state index is 10.6. The Morgan fingerprint density at radius 1 is 1.50 bits per heavy atom. The number of hydrogen-bond acceptors (Lipinski definition) is 8. The molecule has 1 aromatic carbocycles. The van der Waals surface area contributed by atoms with Crippen LogP contribution in [-0.4, -0.2) is 40.9 Å². The SMILES string of the molecule is COc1cc(C=NNc2ccc([N+](=O)[O-])cn2)cc(Br)c1OCC(=O)O. The molecule has 2 rings (SSSR count). The summed E-state index contributed by atoms with van der Waals surface area (Å²) in [6.07, 6.45) is 2.59. The molecule has 0 saturated carbocycles. The van der Waals surface area contributed by atoms with E-state index < -0.39 is 17.5 Å². The largest absolute Gasteiger partial charge is 0.493 e. The molecule has 26 heavy (non-hydrogen) atoms. The maximum Gasteiger partial charge on any atom is 0.341 e. The lowest BCUT2D eigenvalue weighted by molar-refractivity contribution is -0.385. The number of aliphatic carboxylic acids is 1. The minimum absolute atomic E-state index is 0.120. The van der Waals surface area contributed by atoms with Gasteiger partial charge >= 0.3 is 5.97 Å². The highest BCUT2D eigenvalue weighted by molar-refractivity contribution is 9.10. The molecular formula is C15H13BrN4O6. The molecule has 0 radical (unpaired) electrons. The number of nitrogens with one attached hydrogen (secondary N) is 1. The summed E-state index contributed by atoms with van der Waals surface area (Å²) in [4.78, 5) is 24.5. The Kier molecular flexibility index (Phi) is 6.44. The predicted octanol–water partition coefficient (Wildman–Crippen LogP) is 2.67. The zero-order valence-corrected chi connectivity index (χ0v) is 15.0. The lowest BCUT2D eigenvalue weighted by Gasteiger charge is -2.12. The number of ether oxygens (including phenoxy) is 2. The summed E-state index contributed by atoms with van der Waals surface area (Å²) in [5.41, 5.74) is 3.15. The number of anilines is 1. The summed E-state index contributed by atoms with van der Waals surface area (Å²) in [5, 5.41) is 23.3. The molecule has 0 saturated heterocycles. The molecule has 0 aliphatic heterocycles. The third-order valence-electron chi connectivity index (χ3n) is 2.94. The second kappa shape index (κ2) is 8.76. The summed E-state index contributed by atoms with van der Waals surface area (Å²) in [5.74, 6) is -0.184. The van der Waals surface area contributed by atoms with Crippen LogP contribution in [0.15, 0.2) is 40.0 Å². The van der Waals surface area contributed by atoms with Gasteiger partial charge in [0.05, 0.1) is 22.7 Å². The van der Waals surface area contributed by atoms with Crippen molar-refractivity contribution in [3.8, 4) is 11.5 Å². The zero-order valence-electron chi connectivity index (χ0n) is 13.4. The van der Waals surface area contributed by atoms with E-state index in [0.29, 0.717) is 21.6 Å². The Morgan fingerprint density at radius 2 is 2.27 bits per heavy atom. The van der Waals surface area contributed by atoms with Crippen LogP contribution < -0.4 is 14.9 Å². The number of methoxy groups -OCH3 is 1. The smallest absolute Gasteiger partial charge is 0.341 e. The Bertz CT molecular complexity index is 841. The number of aromatic nitrogens is 1. The number of hydrazone groups is 1. The van der Waals surface area contributed by atoms with Crippen molar-refractivity contribution < 1.29 is 24.3 Å². The second-order valence-corrected chi connectivity index (χ2v) is 5.60. The fourth-order valence-electron chi connectivity index (χ4n) is 1.82. The first kappa shape index (κ1) is 19.1. The van der Waals surface area contributed by atoms with Crippen LogP contribution in [0, 0.1) is 10.1 Å². The first-order chi connectivity index (χ1) is 12.4. The molecule has 0 aliphatic carbocycles. The van der Waals surface area contributed by atoms with Crippen molar-refractivity contribution >= 4 is 39.6 Å². The molecular weight excluding hydrogens is 412 g/mol. The molecule has 0 amide bonds. The molecule has 11 heteroatoms. The van der Waals surface area contributed by atoms with Crippen LogP contribution in [0.2, 0.25) is 0 Å². The van der Waals surface area contributed by atoms with Crippen LogP contribution in [-0.2, 0) is 4.79 Å². The van der Waals surface area contributed by atoms with Crippen molar-refractivity contribution in [2.24, 2.45) is 5.10 Å². The second-order valence-electron chi connectivity index (χ2n) is 4.75. The van der Waals surface area contributed by atoms with Crippen LogP contribution in [0.5, 0.6) is 11.5 Å². The van der Waals surface area contributed by atoms with Gasteiger partial charge in [0, 0.05) is 6.07 Å². The van der Waals surface area contributed by atoms with Crippen LogP contribution in [0.25, 0.3) is 0 Å². The van der Waals surface area contributed by atoms with E-state index >= 15 is 0 Å². The number of nitrogens with zero attached hydrogens (tertiary/aromatic N) is 3. The quantitative estimate of drug-likeness (QED) is 0.374. The molecule has 0 fully saturated rings. The normalized spacial score (nSPS) is 10.5. The fraction of sp³-hybridized carbons (Fsp3) is 0.133. The maximum atomic E-state index is 10.6. The van der Waals surface area contributed by atoms with Gasteiger partial charge in [-0.2, -0.15) is 5.10 Å². The number of carboxylic acid groups (broad SMARTS) is 1. The van der Waals surface area contributed by atoms with Crippen molar-refractivity contribution in [1.29, 1.82) is 0 Å². The highest BCUT2D eigenvalue weighted by atomic mass is 79.9. The van der Waals surface area contributed by atoms with Crippen molar-refractivity contribution in [2.45, 2.75) is 0 Å². The van der Waals surface area contributed by atoms with E-state index in [2.05, 4.69) is 31.4 Å². The van der Waals surface area contributed by atoms with E-state index in [9.17, 15) is 14.9 Å². The summed E-state index contributed by atoms with van der Waals surface area (Å²) >= 11 is 3.29. The van der Waals surface area contributed by atoms with Crippen LogP contribution >= 0.6 is 15.9 Å². The minimum Gasteiger partial charge on any atom is -0.493 e. The average molecular weight is 425 g/mol. The number of pyridine rings is 1. The Labute approximate surface area is 155 Å². The van der Waals surface area contributed by atoms with Crippen molar-refractivity contribution in [2.75, 3.05) is 19.1 Å². The van der Waals surface area contributed by atoms with Gasteiger partial charge in [0.2, 0.25) is 0 Å². The number of hydrogen-bond donors (Lipinski definition) is 2. The Hall–Kier alpha value is -3.21. The fourth-order valence-corrected chi connectivity index (χ4v) is 2.40. The van der Waals surface area contributed by atoms with Gasteiger partial charge in [0.15, 0.2) is 18.1 Å². The number of rotatable bonds is 8. The summed E-state index contributed by atoms with van der Waals surface area (Å²) in [7, 11) is 1.43. The molecule has 1 heterocycles. The van der Waals surface area contributed by atoms with Crippen LogP contribution in [0.1, 0.15) is 5.56 Å². The minimum atomic E-state index is -1.11. The van der Waals surface area contributed by atoms with Gasteiger partial charge in [-0.05, 0) is 39.7 Å². The standard InChI is InChI=1S/C15H13BrN4O6/c1-25-12-5-9(4-11(16)15(12)26-8-14(21)22)6-18-19-13-3-2-10(7-17-13)20(23)24/h2-7H,8H2,1H3,(H,17,19)(H,21,22). The van der Waals surface area contributed by atoms with Gasteiger partial charge in [-0.15, -0.1) is 0 Å². The van der Waals surface area contributed by atoms with Gasteiger partial charge in [-0.3, -0.25) is 15.5 Å². The monoisotopic (exact) mass is 424 g/mol. The van der Waals surface area contributed by atoms with Crippen molar-refractivity contribution in [3.63, 3.8) is 0 Å². The molecule has 1 aromatic heterocycles. The molecule has 2 aromatic rings. The van der Waals surface area contributed by atoms with Crippen LogP contribution in [0.3, 0.4) is 0 Å². The van der Waals surface area contributed by atoms with Gasteiger partial charge in [-0.25, -0.2) is 9.78 Å². The topological polar surface area (TPSA) is 136 Å². The molecule has 0 unspecified atom stereocenters. The first-order valence-corrected chi connectivity index (χ1v) is 7.81. The van der Waals surface area contributed by atoms with Gasteiger partial charge in [0.25, 0.3) is 5.69 Å². The van der Waals surface area contributed by atoms with Crippen LogP contribution in [0.4, 0.5) is 11.5 Å². The summed E-state index contributed by atoms with van der Waals surface area (Å²) < 4.78 is 10.9. The highest BCUT2D eigenvalue weighted by Gasteiger charge is 2.12. The zero-order chi connectivity index (χ0) is 19.1. The summed E-state index contributed by atoms with van der Waals surface area (Å²) in [6, 6.07) is 6.00. The van der Waals surface area contributed by atoms with Crippen molar-refractivity contribution in [1.82, 2.24) is 4.98 Å². The lowest BCUT2D eigenvalue weighted by atomic mass is 10.2. The number of benzene rings is 1. The van der Waals surface area contributed by atoms with Gasteiger partial charge in [-0.1, -0.05) is 0 Å². The number of carboxylic acids is 1. The number of halogens is 1.